The summed E-state index contributed by atoms with van der Waals surface area (Å²) in [6.45, 7) is -0.00355. The Morgan fingerprint density at radius 2 is 1.88 bits per heavy atom. The van der Waals surface area contributed by atoms with E-state index in [0.717, 1.165) is 12.8 Å². The molecule has 0 spiro atoms. The van der Waals surface area contributed by atoms with Crippen LogP contribution in [0.3, 0.4) is 0 Å². The highest BCUT2D eigenvalue weighted by Crippen LogP contribution is 2.48. The average molecular weight is 220 g/mol. The van der Waals surface area contributed by atoms with Gasteiger partial charge in [0, 0.05) is 6.61 Å². The second-order valence-electron chi connectivity index (χ2n) is 4.40. The molecule has 0 aromatic heterocycles. The lowest BCUT2D eigenvalue weighted by Gasteiger charge is -1.99. The third kappa shape index (κ3) is 2.25. The molecular weight excluding hydrogens is 204 g/mol. The van der Waals surface area contributed by atoms with Gasteiger partial charge in [-0.1, -0.05) is 30.3 Å². The molecule has 1 aliphatic carbocycles. The fraction of sp³-hybridized carbons (Fsp3) is 0.462. The van der Waals surface area contributed by atoms with Crippen LogP contribution in [0.25, 0.3) is 0 Å². The summed E-state index contributed by atoms with van der Waals surface area (Å²) in [5, 5.41) is 17.9. The Morgan fingerprint density at radius 1 is 1.19 bits per heavy atom. The average Bonchev–Trinajstić information content (AvgIpc) is 3.01. The zero-order valence-electron chi connectivity index (χ0n) is 9.04. The normalized spacial score (nSPS) is 27.7. The quantitative estimate of drug-likeness (QED) is 0.791. The maximum Gasteiger partial charge on any atom is 0.307 e. The summed E-state index contributed by atoms with van der Waals surface area (Å²) < 4.78 is 0. The highest BCUT2D eigenvalue weighted by Gasteiger charge is 2.53. The van der Waals surface area contributed by atoms with Crippen molar-refractivity contribution in [3.63, 3.8) is 0 Å². The minimum Gasteiger partial charge on any atom is -0.481 e. The summed E-state index contributed by atoms with van der Waals surface area (Å²) >= 11 is 0. The van der Waals surface area contributed by atoms with Crippen LogP contribution in [-0.4, -0.2) is 22.8 Å². The van der Waals surface area contributed by atoms with Crippen molar-refractivity contribution in [2.75, 3.05) is 6.61 Å². The molecule has 1 saturated carbocycles. The zero-order valence-corrected chi connectivity index (χ0v) is 9.04. The molecule has 0 aliphatic heterocycles. The Balaban J connectivity index is 1.86. The Bertz CT molecular complexity index is 361. The highest BCUT2D eigenvalue weighted by molar-refractivity contribution is 5.74. The van der Waals surface area contributed by atoms with Gasteiger partial charge >= 0.3 is 5.97 Å². The van der Waals surface area contributed by atoms with Crippen LogP contribution in [0.2, 0.25) is 0 Å². The number of benzene rings is 1. The SMILES string of the molecule is O=C(O)[C@@H]1[C@@H](CO)[C@@H]1CCc1ccccc1. The number of aryl methyl sites for hydroxylation is 1. The maximum atomic E-state index is 10.8. The summed E-state index contributed by atoms with van der Waals surface area (Å²) in [7, 11) is 0. The van der Waals surface area contributed by atoms with Crippen LogP contribution in [0.4, 0.5) is 0 Å². The first kappa shape index (κ1) is 11.1. The third-order valence-electron chi connectivity index (χ3n) is 3.44. The molecule has 1 aromatic rings. The molecule has 16 heavy (non-hydrogen) atoms. The number of hydrogen-bond donors (Lipinski definition) is 2. The Labute approximate surface area is 94.7 Å². The van der Waals surface area contributed by atoms with Crippen molar-refractivity contribution < 1.29 is 15.0 Å². The summed E-state index contributed by atoms with van der Waals surface area (Å²) in [6, 6.07) is 10.0. The van der Waals surface area contributed by atoms with E-state index >= 15 is 0 Å². The Hall–Kier alpha value is -1.35. The molecule has 2 N–H and O–H groups in total. The van der Waals surface area contributed by atoms with E-state index in [1.54, 1.807) is 0 Å². The lowest BCUT2D eigenvalue weighted by molar-refractivity contribution is -0.139. The van der Waals surface area contributed by atoms with Crippen molar-refractivity contribution in [3.8, 4) is 0 Å². The molecule has 0 unspecified atom stereocenters. The molecule has 0 heterocycles. The van der Waals surface area contributed by atoms with Gasteiger partial charge in [0.15, 0.2) is 0 Å². The van der Waals surface area contributed by atoms with Crippen LogP contribution < -0.4 is 0 Å². The Kier molecular flexibility index (Phi) is 3.25. The molecule has 3 nitrogen and oxygen atoms in total. The van der Waals surface area contributed by atoms with Crippen LogP contribution in [-0.2, 0) is 11.2 Å². The van der Waals surface area contributed by atoms with Crippen molar-refractivity contribution in [1.29, 1.82) is 0 Å². The van der Waals surface area contributed by atoms with Crippen molar-refractivity contribution in [2.45, 2.75) is 12.8 Å². The lowest BCUT2D eigenvalue weighted by atomic mass is 10.1. The summed E-state index contributed by atoms with van der Waals surface area (Å²) in [5.74, 6) is -0.963. The van der Waals surface area contributed by atoms with Gasteiger partial charge in [0.05, 0.1) is 5.92 Å². The molecule has 0 amide bonds. The predicted molar refractivity (Wildman–Crippen MR) is 60.0 cm³/mol. The van der Waals surface area contributed by atoms with Gasteiger partial charge < -0.3 is 10.2 Å². The van der Waals surface area contributed by atoms with Crippen LogP contribution in [0, 0.1) is 17.8 Å². The molecule has 3 atom stereocenters. The first-order valence-corrected chi connectivity index (χ1v) is 5.61. The van der Waals surface area contributed by atoms with Crippen LogP contribution in [0.1, 0.15) is 12.0 Å². The molecule has 1 fully saturated rings. The number of aliphatic carboxylic acids is 1. The van der Waals surface area contributed by atoms with Crippen LogP contribution >= 0.6 is 0 Å². The van der Waals surface area contributed by atoms with Gasteiger partial charge in [0.1, 0.15) is 0 Å². The fourth-order valence-corrected chi connectivity index (χ4v) is 2.43. The molecule has 1 aliphatic rings. The molecular formula is C13H16O3. The fourth-order valence-electron chi connectivity index (χ4n) is 2.43. The van der Waals surface area contributed by atoms with Crippen molar-refractivity contribution in [3.05, 3.63) is 35.9 Å². The largest absolute Gasteiger partial charge is 0.481 e. The first-order valence-electron chi connectivity index (χ1n) is 5.61. The molecule has 86 valence electrons. The van der Waals surface area contributed by atoms with Gasteiger partial charge in [-0.3, -0.25) is 4.79 Å². The number of aliphatic hydroxyl groups is 1. The van der Waals surface area contributed by atoms with Gasteiger partial charge in [0.25, 0.3) is 0 Å². The molecule has 0 bridgehead atoms. The first-order chi connectivity index (χ1) is 7.74. The van der Waals surface area contributed by atoms with Crippen LogP contribution in [0.15, 0.2) is 30.3 Å². The van der Waals surface area contributed by atoms with Crippen molar-refractivity contribution in [2.24, 2.45) is 17.8 Å². The number of carboxylic acids is 1. The van der Waals surface area contributed by atoms with E-state index < -0.39 is 5.97 Å². The topological polar surface area (TPSA) is 57.5 Å². The van der Waals surface area contributed by atoms with Crippen molar-refractivity contribution in [1.82, 2.24) is 0 Å². The number of hydrogen-bond acceptors (Lipinski definition) is 2. The van der Waals surface area contributed by atoms with E-state index in [0.29, 0.717) is 0 Å². The van der Waals surface area contributed by atoms with Gasteiger partial charge in [-0.25, -0.2) is 0 Å². The summed E-state index contributed by atoms with van der Waals surface area (Å²) in [6.07, 6.45) is 1.75. The predicted octanol–water partition coefficient (Wildman–Crippen LogP) is 1.56. The minimum absolute atomic E-state index is 0.00355. The molecule has 0 saturated heterocycles. The second kappa shape index (κ2) is 4.66. The summed E-state index contributed by atoms with van der Waals surface area (Å²) in [5.41, 5.74) is 1.23. The third-order valence-corrected chi connectivity index (χ3v) is 3.44. The lowest BCUT2D eigenvalue weighted by Crippen LogP contribution is -2.02. The van der Waals surface area contributed by atoms with E-state index in [-0.39, 0.29) is 24.4 Å². The van der Waals surface area contributed by atoms with Gasteiger partial charge in [0.2, 0.25) is 0 Å². The van der Waals surface area contributed by atoms with E-state index in [1.807, 2.05) is 30.3 Å². The number of rotatable bonds is 5. The van der Waals surface area contributed by atoms with E-state index in [1.165, 1.54) is 5.56 Å². The summed E-state index contributed by atoms with van der Waals surface area (Å²) in [4.78, 5) is 10.8. The number of carboxylic acid groups (broad SMARTS) is 1. The minimum atomic E-state index is -0.767. The van der Waals surface area contributed by atoms with Gasteiger partial charge in [-0.15, -0.1) is 0 Å². The smallest absolute Gasteiger partial charge is 0.307 e. The van der Waals surface area contributed by atoms with E-state index in [9.17, 15) is 4.79 Å². The van der Waals surface area contributed by atoms with E-state index in [4.69, 9.17) is 10.2 Å². The Morgan fingerprint density at radius 3 is 2.38 bits per heavy atom. The maximum absolute atomic E-state index is 10.8. The van der Waals surface area contributed by atoms with E-state index in [2.05, 4.69) is 0 Å². The molecule has 2 rings (SSSR count). The van der Waals surface area contributed by atoms with Crippen molar-refractivity contribution >= 4 is 5.97 Å². The molecule has 1 aromatic carbocycles. The molecule has 3 heteroatoms. The van der Waals surface area contributed by atoms with Gasteiger partial charge in [-0.05, 0) is 30.2 Å². The van der Waals surface area contributed by atoms with Crippen LogP contribution in [0.5, 0.6) is 0 Å². The molecule has 0 radical (unpaired) electrons. The highest BCUT2D eigenvalue weighted by atomic mass is 16.4. The number of carbonyl (C=O) groups is 1. The zero-order chi connectivity index (χ0) is 11.5. The van der Waals surface area contributed by atoms with Gasteiger partial charge in [-0.2, -0.15) is 0 Å². The standard InChI is InChI=1S/C13H16O3/c14-8-11-10(12(11)13(15)16)7-6-9-4-2-1-3-5-9/h1-5,10-12,14H,6-8H2,(H,15,16)/t10-,11-,12-/m0/s1. The number of aliphatic hydroxyl groups excluding tert-OH is 1. The monoisotopic (exact) mass is 220 g/mol. The second-order valence-corrected chi connectivity index (χ2v) is 4.40.